The lowest BCUT2D eigenvalue weighted by Gasteiger charge is -2.43. The highest BCUT2D eigenvalue weighted by Crippen LogP contribution is 2.31. The van der Waals surface area contributed by atoms with Gasteiger partial charge in [-0.3, -0.25) is 0 Å². The van der Waals surface area contributed by atoms with Crippen molar-refractivity contribution in [1.82, 2.24) is 9.29 Å². The summed E-state index contributed by atoms with van der Waals surface area (Å²) in [6.45, 7) is 4.21. The Bertz CT molecular complexity index is 513. The van der Waals surface area contributed by atoms with Gasteiger partial charge in [-0.05, 0) is 38.8 Å². The van der Waals surface area contributed by atoms with Gasteiger partial charge >= 0.3 is 0 Å². The van der Waals surface area contributed by atoms with Gasteiger partial charge < -0.3 is 5.73 Å². The van der Waals surface area contributed by atoms with Crippen LogP contribution in [0.15, 0.2) is 29.4 Å². The Hall–Kier alpha value is -0.980. The van der Waals surface area contributed by atoms with Crippen LogP contribution in [0, 0.1) is 0 Å². The maximum Gasteiger partial charge on any atom is 0.261 e. The van der Waals surface area contributed by atoms with E-state index in [2.05, 4.69) is 4.98 Å². The number of rotatable bonds is 2. The summed E-state index contributed by atoms with van der Waals surface area (Å²) < 4.78 is 26.6. The van der Waals surface area contributed by atoms with E-state index in [9.17, 15) is 8.42 Å². The lowest BCUT2D eigenvalue weighted by Crippen LogP contribution is -2.56. The van der Waals surface area contributed by atoms with Crippen LogP contribution in [0.2, 0.25) is 0 Å². The second kappa shape index (κ2) is 4.60. The number of pyridine rings is 1. The van der Waals surface area contributed by atoms with Crippen molar-refractivity contribution in [2.45, 2.75) is 43.3 Å². The summed E-state index contributed by atoms with van der Waals surface area (Å²) in [6.07, 6.45) is 3.10. The Balaban J connectivity index is 2.40. The van der Waals surface area contributed by atoms with E-state index in [1.165, 1.54) is 16.6 Å². The van der Waals surface area contributed by atoms with Crippen molar-refractivity contribution >= 4 is 10.0 Å². The van der Waals surface area contributed by atoms with Crippen molar-refractivity contribution in [3.8, 4) is 0 Å². The number of nitrogens with two attached hydrogens (primary N) is 1. The van der Waals surface area contributed by atoms with Crippen molar-refractivity contribution in [3.05, 3.63) is 24.4 Å². The SMILES string of the molecule is CC1(C)CCC(N)CN1S(=O)(=O)c1ccccn1. The highest BCUT2D eigenvalue weighted by Gasteiger charge is 2.41. The largest absolute Gasteiger partial charge is 0.327 e. The first kappa shape index (κ1) is 13.5. The molecule has 0 aliphatic carbocycles. The van der Waals surface area contributed by atoms with E-state index in [0.717, 1.165) is 12.8 Å². The molecule has 0 spiro atoms. The predicted molar refractivity (Wildman–Crippen MR) is 69.4 cm³/mol. The van der Waals surface area contributed by atoms with E-state index in [0.29, 0.717) is 6.54 Å². The third-order valence-electron chi connectivity index (χ3n) is 3.39. The molecule has 0 bridgehead atoms. The third-order valence-corrected chi connectivity index (χ3v) is 5.39. The van der Waals surface area contributed by atoms with Gasteiger partial charge in [-0.15, -0.1) is 0 Å². The molecule has 0 radical (unpaired) electrons. The molecule has 1 atom stereocenters. The number of piperidine rings is 1. The van der Waals surface area contributed by atoms with Crippen LogP contribution >= 0.6 is 0 Å². The molecule has 5 nitrogen and oxygen atoms in total. The summed E-state index contributed by atoms with van der Waals surface area (Å²) in [4.78, 5) is 3.95. The normalized spacial score (nSPS) is 24.9. The monoisotopic (exact) mass is 269 g/mol. The molecule has 1 saturated heterocycles. The summed E-state index contributed by atoms with van der Waals surface area (Å²) in [5, 5.41) is 0.0900. The van der Waals surface area contributed by atoms with Crippen molar-refractivity contribution in [2.24, 2.45) is 5.73 Å². The zero-order valence-corrected chi connectivity index (χ0v) is 11.5. The van der Waals surface area contributed by atoms with Gasteiger partial charge in [0.2, 0.25) is 0 Å². The highest BCUT2D eigenvalue weighted by molar-refractivity contribution is 7.89. The Labute approximate surface area is 108 Å². The van der Waals surface area contributed by atoms with Crippen LogP contribution in [-0.4, -0.2) is 35.8 Å². The number of aromatic nitrogens is 1. The molecular formula is C12H19N3O2S. The zero-order valence-electron chi connectivity index (χ0n) is 10.7. The van der Waals surface area contributed by atoms with E-state index in [1.54, 1.807) is 12.1 Å². The highest BCUT2D eigenvalue weighted by atomic mass is 32.2. The van der Waals surface area contributed by atoms with Gasteiger partial charge in [0.05, 0.1) is 0 Å². The third kappa shape index (κ3) is 2.41. The molecule has 0 amide bonds. The van der Waals surface area contributed by atoms with Crippen molar-refractivity contribution in [3.63, 3.8) is 0 Å². The Kier molecular flexibility index (Phi) is 3.44. The fourth-order valence-electron chi connectivity index (χ4n) is 2.25. The second-order valence-corrected chi connectivity index (χ2v) is 7.12. The molecule has 100 valence electrons. The van der Waals surface area contributed by atoms with Gasteiger partial charge in [0.25, 0.3) is 10.0 Å². The zero-order chi connectivity index (χ0) is 13.4. The molecule has 2 N–H and O–H groups in total. The molecule has 2 heterocycles. The maximum atomic E-state index is 12.6. The summed E-state index contributed by atoms with van der Waals surface area (Å²) >= 11 is 0. The maximum absolute atomic E-state index is 12.6. The van der Waals surface area contributed by atoms with E-state index in [4.69, 9.17) is 5.73 Å². The first-order valence-corrected chi connectivity index (χ1v) is 7.47. The fourth-order valence-corrected chi connectivity index (χ4v) is 4.05. The minimum atomic E-state index is -3.56. The van der Waals surface area contributed by atoms with E-state index in [1.807, 2.05) is 13.8 Å². The van der Waals surface area contributed by atoms with Crippen LogP contribution in [-0.2, 0) is 10.0 Å². The van der Waals surface area contributed by atoms with Gasteiger partial charge in [-0.2, -0.15) is 4.31 Å². The van der Waals surface area contributed by atoms with Crippen LogP contribution in [0.1, 0.15) is 26.7 Å². The molecule has 0 saturated carbocycles. The van der Waals surface area contributed by atoms with Crippen molar-refractivity contribution in [2.75, 3.05) is 6.54 Å². The summed E-state index contributed by atoms with van der Waals surface area (Å²) in [7, 11) is -3.56. The summed E-state index contributed by atoms with van der Waals surface area (Å²) in [5.41, 5.74) is 5.48. The Morgan fingerprint density at radius 2 is 2.17 bits per heavy atom. The van der Waals surface area contributed by atoms with E-state index < -0.39 is 15.6 Å². The molecule has 2 rings (SSSR count). The summed E-state index contributed by atoms with van der Waals surface area (Å²) in [6, 6.07) is 4.80. The smallest absolute Gasteiger partial charge is 0.261 e. The Morgan fingerprint density at radius 3 is 2.78 bits per heavy atom. The minimum Gasteiger partial charge on any atom is -0.327 e. The molecule has 1 aliphatic heterocycles. The van der Waals surface area contributed by atoms with Gasteiger partial charge in [0, 0.05) is 24.3 Å². The molecule has 1 aromatic heterocycles. The van der Waals surface area contributed by atoms with Crippen molar-refractivity contribution < 1.29 is 8.42 Å². The lowest BCUT2D eigenvalue weighted by atomic mass is 9.91. The summed E-state index contributed by atoms with van der Waals surface area (Å²) in [5.74, 6) is 0. The molecule has 1 aromatic rings. The van der Waals surface area contributed by atoms with Crippen LogP contribution in [0.4, 0.5) is 0 Å². The molecular weight excluding hydrogens is 250 g/mol. The van der Waals surface area contributed by atoms with Gasteiger partial charge in [0.15, 0.2) is 5.03 Å². The molecule has 1 fully saturated rings. The molecule has 6 heteroatoms. The number of hydrogen-bond donors (Lipinski definition) is 1. The number of sulfonamides is 1. The molecule has 18 heavy (non-hydrogen) atoms. The van der Waals surface area contributed by atoms with E-state index >= 15 is 0 Å². The average Bonchev–Trinajstić information content (AvgIpc) is 2.33. The minimum absolute atomic E-state index is 0.0900. The van der Waals surface area contributed by atoms with Crippen molar-refractivity contribution in [1.29, 1.82) is 0 Å². The van der Waals surface area contributed by atoms with Crippen LogP contribution in [0.5, 0.6) is 0 Å². The molecule has 0 aromatic carbocycles. The van der Waals surface area contributed by atoms with Gasteiger partial charge in [0.1, 0.15) is 0 Å². The fraction of sp³-hybridized carbons (Fsp3) is 0.583. The van der Waals surface area contributed by atoms with Crippen LogP contribution in [0.25, 0.3) is 0 Å². The van der Waals surface area contributed by atoms with E-state index in [-0.39, 0.29) is 11.1 Å². The quantitative estimate of drug-likeness (QED) is 0.868. The van der Waals surface area contributed by atoms with Crippen LogP contribution < -0.4 is 5.73 Å². The molecule has 1 aliphatic rings. The molecule has 1 unspecified atom stereocenters. The number of hydrogen-bond acceptors (Lipinski definition) is 4. The average molecular weight is 269 g/mol. The number of nitrogens with zero attached hydrogens (tertiary/aromatic N) is 2. The first-order valence-electron chi connectivity index (χ1n) is 6.03. The second-order valence-electron chi connectivity index (χ2n) is 5.32. The van der Waals surface area contributed by atoms with Gasteiger partial charge in [-0.25, -0.2) is 13.4 Å². The lowest BCUT2D eigenvalue weighted by molar-refractivity contribution is 0.154. The topological polar surface area (TPSA) is 76.3 Å². The van der Waals surface area contributed by atoms with Crippen LogP contribution in [0.3, 0.4) is 0 Å². The van der Waals surface area contributed by atoms with Gasteiger partial charge in [-0.1, -0.05) is 6.07 Å². The standard InChI is InChI=1S/C12H19N3O2S/c1-12(2)7-6-10(13)9-15(12)18(16,17)11-5-3-4-8-14-11/h3-5,8,10H,6-7,9,13H2,1-2H3. The first-order chi connectivity index (χ1) is 8.34. The predicted octanol–water partition coefficient (Wildman–Crippen LogP) is 0.972. The Morgan fingerprint density at radius 1 is 1.44 bits per heavy atom.